The minimum Gasteiger partial charge on any atom is -0.382 e. The summed E-state index contributed by atoms with van der Waals surface area (Å²) in [6, 6.07) is 9.73. The van der Waals surface area contributed by atoms with Gasteiger partial charge in [0.05, 0.1) is 5.75 Å². The predicted molar refractivity (Wildman–Crippen MR) is 156 cm³/mol. The molecule has 39 heavy (non-hydrogen) atoms. The molecule has 10 nitrogen and oxygen atoms in total. The number of piperazine rings is 1. The highest BCUT2D eigenvalue weighted by molar-refractivity contribution is 7.90. The third-order valence-corrected chi connectivity index (χ3v) is 8.89. The fraction of sp³-hybridized carbons (Fsp3) is 0.593. The number of nitrogens with zero attached hydrogens (tertiary/aromatic N) is 5. The summed E-state index contributed by atoms with van der Waals surface area (Å²) in [5, 5.41) is 2.63. The maximum Gasteiger partial charge on any atom is 0.273 e. The number of hydrogen-bond donors (Lipinski definition) is 2. The van der Waals surface area contributed by atoms with Crippen LogP contribution in [-0.2, 0) is 16.4 Å². The van der Waals surface area contributed by atoms with Gasteiger partial charge in [0.25, 0.3) is 5.91 Å². The van der Waals surface area contributed by atoms with E-state index in [-0.39, 0.29) is 29.0 Å². The summed E-state index contributed by atoms with van der Waals surface area (Å²) in [6.45, 7) is 9.88. The van der Waals surface area contributed by atoms with Crippen molar-refractivity contribution in [3.8, 4) is 0 Å². The van der Waals surface area contributed by atoms with Crippen LogP contribution in [0.15, 0.2) is 24.3 Å². The minimum absolute atomic E-state index is 0.0253. The van der Waals surface area contributed by atoms with Crippen LogP contribution in [0.25, 0.3) is 0 Å². The van der Waals surface area contributed by atoms with Crippen molar-refractivity contribution in [1.82, 2.24) is 25.1 Å². The summed E-state index contributed by atoms with van der Waals surface area (Å²) >= 11 is 6.49. The van der Waals surface area contributed by atoms with Crippen molar-refractivity contribution in [2.24, 2.45) is 0 Å². The Morgan fingerprint density at radius 3 is 2.46 bits per heavy atom. The van der Waals surface area contributed by atoms with Gasteiger partial charge < -0.3 is 16.0 Å². The number of aromatic nitrogens is 2. The Morgan fingerprint density at radius 1 is 1.13 bits per heavy atom. The molecule has 0 saturated carbocycles. The van der Waals surface area contributed by atoms with Crippen LogP contribution in [0, 0.1) is 6.92 Å². The first-order chi connectivity index (χ1) is 18.5. The first kappa shape index (κ1) is 29.5. The Hall–Kier alpha value is -2.47. The number of piperidine rings is 1. The van der Waals surface area contributed by atoms with E-state index in [1.807, 2.05) is 0 Å². The lowest BCUT2D eigenvalue weighted by molar-refractivity contribution is 0.0610. The van der Waals surface area contributed by atoms with Crippen molar-refractivity contribution >= 4 is 39.0 Å². The van der Waals surface area contributed by atoms with Crippen molar-refractivity contribution in [1.29, 1.82) is 0 Å². The number of halogens is 1. The lowest BCUT2D eigenvalue weighted by Crippen LogP contribution is -2.58. The van der Waals surface area contributed by atoms with Crippen LogP contribution in [0.3, 0.4) is 0 Å². The number of amides is 1. The van der Waals surface area contributed by atoms with Crippen LogP contribution in [0.1, 0.15) is 47.8 Å². The average molecular weight is 578 g/mol. The standard InChI is InChI=1S/C27H40ClN7O3S/c1-4-21-18-34(26-24(28)31-23(25(29)32-26)27(36)30-11-16-39(3,37)38)14-15-35(21)22-9-12-33(13-10-22)17-20-7-5-19(2)6-8-20/h5-8,21-22H,4,9-18H2,1-3H3,(H2,29,32)(H,30,36)/t21-/m0/s1. The molecule has 3 heterocycles. The molecule has 2 aliphatic heterocycles. The third kappa shape index (κ3) is 7.81. The Labute approximate surface area is 236 Å². The summed E-state index contributed by atoms with van der Waals surface area (Å²) in [6.07, 6.45) is 4.41. The number of anilines is 2. The number of aryl methyl sites for hydroxylation is 1. The second kappa shape index (κ2) is 12.8. The topological polar surface area (TPSA) is 125 Å². The second-order valence-corrected chi connectivity index (χ2v) is 13.3. The SMILES string of the molecule is CC[C@H]1CN(c2nc(N)c(C(=O)NCCS(C)(=O)=O)nc2Cl)CCN1C1CCN(Cc2ccc(C)cc2)CC1. The molecule has 0 spiro atoms. The van der Waals surface area contributed by atoms with Crippen LogP contribution >= 0.6 is 11.6 Å². The molecule has 0 bridgehead atoms. The van der Waals surface area contributed by atoms with Gasteiger partial charge in [-0.25, -0.2) is 18.4 Å². The summed E-state index contributed by atoms with van der Waals surface area (Å²) < 4.78 is 22.6. The van der Waals surface area contributed by atoms with E-state index in [0.717, 1.165) is 64.8 Å². The zero-order valence-electron chi connectivity index (χ0n) is 23.1. The highest BCUT2D eigenvalue weighted by Gasteiger charge is 2.34. The largest absolute Gasteiger partial charge is 0.382 e. The van der Waals surface area contributed by atoms with Gasteiger partial charge in [0.1, 0.15) is 9.84 Å². The lowest BCUT2D eigenvalue weighted by atomic mass is 9.98. The molecule has 0 unspecified atom stereocenters. The number of nitrogen functional groups attached to an aromatic ring is 1. The first-order valence-electron chi connectivity index (χ1n) is 13.6. The normalized spacial score (nSPS) is 19.8. The molecule has 3 N–H and O–H groups in total. The number of rotatable bonds is 9. The lowest BCUT2D eigenvalue weighted by Gasteiger charge is -2.47. The van der Waals surface area contributed by atoms with E-state index >= 15 is 0 Å². The van der Waals surface area contributed by atoms with Gasteiger partial charge in [-0.15, -0.1) is 0 Å². The quantitative estimate of drug-likeness (QED) is 0.462. The number of nitrogens with one attached hydrogen (secondary N) is 1. The second-order valence-electron chi connectivity index (χ2n) is 10.7. The van der Waals surface area contributed by atoms with Crippen LogP contribution in [0.2, 0.25) is 5.15 Å². The van der Waals surface area contributed by atoms with Gasteiger partial charge in [-0.1, -0.05) is 48.4 Å². The number of nitrogens with two attached hydrogens (primary N) is 1. The van der Waals surface area contributed by atoms with E-state index in [9.17, 15) is 13.2 Å². The number of carbonyl (C=O) groups is 1. The monoisotopic (exact) mass is 577 g/mol. The van der Waals surface area contributed by atoms with Gasteiger partial charge in [0.2, 0.25) is 0 Å². The Morgan fingerprint density at radius 2 is 1.82 bits per heavy atom. The summed E-state index contributed by atoms with van der Waals surface area (Å²) in [7, 11) is -3.20. The molecular formula is C27H40ClN7O3S. The summed E-state index contributed by atoms with van der Waals surface area (Å²) in [5.41, 5.74) is 8.65. The zero-order valence-corrected chi connectivity index (χ0v) is 24.6. The molecule has 1 aromatic heterocycles. The molecule has 0 radical (unpaired) electrons. The van der Waals surface area contributed by atoms with Crippen molar-refractivity contribution < 1.29 is 13.2 Å². The molecule has 4 rings (SSSR count). The fourth-order valence-electron chi connectivity index (χ4n) is 5.49. The summed E-state index contributed by atoms with van der Waals surface area (Å²) in [4.78, 5) is 28.4. The van der Waals surface area contributed by atoms with Crippen molar-refractivity contribution in [2.45, 2.75) is 51.7 Å². The molecule has 1 aromatic carbocycles. The molecule has 2 saturated heterocycles. The molecule has 214 valence electrons. The molecule has 1 atom stereocenters. The van der Waals surface area contributed by atoms with Crippen LogP contribution in [-0.4, -0.2) is 97.5 Å². The van der Waals surface area contributed by atoms with E-state index in [1.165, 1.54) is 11.1 Å². The van der Waals surface area contributed by atoms with E-state index in [2.05, 4.69) is 68.1 Å². The van der Waals surface area contributed by atoms with Gasteiger partial charge >= 0.3 is 0 Å². The fourth-order valence-corrected chi connectivity index (χ4v) is 6.21. The number of carbonyl (C=O) groups excluding carboxylic acids is 1. The number of benzene rings is 1. The van der Waals surface area contributed by atoms with Crippen LogP contribution < -0.4 is 16.0 Å². The Kier molecular flexibility index (Phi) is 9.69. The number of likely N-dealkylation sites (tertiary alicyclic amines) is 1. The van der Waals surface area contributed by atoms with E-state index < -0.39 is 15.7 Å². The van der Waals surface area contributed by atoms with Crippen molar-refractivity contribution in [3.63, 3.8) is 0 Å². The van der Waals surface area contributed by atoms with Gasteiger partial charge in [-0.3, -0.25) is 14.6 Å². The third-order valence-electron chi connectivity index (χ3n) is 7.69. The van der Waals surface area contributed by atoms with Gasteiger partial charge in [0.15, 0.2) is 22.5 Å². The molecule has 12 heteroatoms. The molecule has 2 aromatic rings. The highest BCUT2D eigenvalue weighted by atomic mass is 35.5. The first-order valence-corrected chi connectivity index (χ1v) is 16.1. The Balaban J connectivity index is 1.34. The van der Waals surface area contributed by atoms with E-state index in [0.29, 0.717) is 17.9 Å². The smallest absolute Gasteiger partial charge is 0.273 e. The summed E-state index contributed by atoms with van der Waals surface area (Å²) in [5.74, 6) is -0.315. The molecule has 1 amide bonds. The highest BCUT2D eigenvalue weighted by Crippen LogP contribution is 2.30. The van der Waals surface area contributed by atoms with E-state index in [1.54, 1.807) is 0 Å². The number of sulfone groups is 1. The van der Waals surface area contributed by atoms with E-state index in [4.69, 9.17) is 17.3 Å². The van der Waals surface area contributed by atoms with Crippen LogP contribution in [0.4, 0.5) is 11.6 Å². The van der Waals surface area contributed by atoms with Crippen molar-refractivity contribution in [3.05, 3.63) is 46.2 Å². The zero-order chi connectivity index (χ0) is 28.2. The number of hydrogen-bond acceptors (Lipinski definition) is 9. The average Bonchev–Trinajstić information content (AvgIpc) is 2.90. The van der Waals surface area contributed by atoms with Gasteiger partial charge in [-0.2, -0.15) is 0 Å². The van der Waals surface area contributed by atoms with Gasteiger partial charge in [-0.05, 0) is 44.8 Å². The molecular weight excluding hydrogens is 538 g/mol. The van der Waals surface area contributed by atoms with Gasteiger partial charge in [0, 0.05) is 51.1 Å². The molecule has 0 aliphatic carbocycles. The maximum atomic E-state index is 12.5. The van der Waals surface area contributed by atoms with Crippen LogP contribution in [0.5, 0.6) is 0 Å². The Bertz CT molecular complexity index is 1250. The van der Waals surface area contributed by atoms with Crippen molar-refractivity contribution in [2.75, 3.05) is 61.9 Å². The maximum absolute atomic E-state index is 12.5. The molecule has 2 fully saturated rings. The minimum atomic E-state index is -3.20. The molecule has 2 aliphatic rings. The predicted octanol–water partition coefficient (Wildman–Crippen LogP) is 2.36.